The molecule has 1 heterocycles. The van der Waals surface area contributed by atoms with Crippen LogP contribution in [0, 0.1) is 5.92 Å². The average Bonchev–Trinajstić information content (AvgIpc) is 2.39. The van der Waals surface area contributed by atoms with Gasteiger partial charge in [-0.05, 0) is 43.7 Å². The lowest BCUT2D eigenvalue weighted by molar-refractivity contribution is 0.180. The lowest BCUT2D eigenvalue weighted by atomic mass is 9.87. The predicted octanol–water partition coefficient (Wildman–Crippen LogP) is 1.56. The third kappa shape index (κ3) is 3.89. The summed E-state index contributed by atoms with van der Waals surface area (Å²) in [6, 6.07) is 2.69. The summed E-state index contributed by atoms with van der Waals surface area (Å²) in [7, 11) is -3.54. The van der Waals surface area contributed by atoms with Crippen molar-refractivity contribution < 1.29 is 13.5 Å². The minimum atomic E-state index is -3.54. The van der Waals surface area contributed by atoms with Gasteiger partial charge in [-0.15, -0.1) is 0 Å². The Morgan fingerprint density at radius 2 is 2.05 bits per heavy atom. The van der Waals surface area contributed by atoms with Gasteiger partial charge < -0.3 is 5.11 Å². The number of nitrogens with zero attached hydrogens (tertiary/aromatic N) is 1. The van der Waals surface area contributed by atoms with E-state index in [-0.39, 0.29) is 22.7 Å². The van der Waals surface area contributed by atoms with Crippen molar-refractivity contribution in [3.8, 4) is 0 Å². The van der Waals surface area contributed by atoms with Gasteiger partial charge in [0, 0.05) is 18.8 Å². The Kier molecular flexibility index (Phi) is 4.78. The van der Waals surface area contributed by atoms with Crippen LogP contribution in [-0.2, 0) is 10.0 Å². The highest BCUT2D eigenvalue weighted by Crippen LogP contribution is 2.25. The number of sulfonamides is 1. The molecule has 1 aliphatic carbocycles. The molecule has 1 aromatic rings. The molecule has 0 saturated heterocycles. The van der Waals surface area contributed by atoms with Gasteiger partial charge in [0.1, 0.15) is 5.15 Å². The van der Waals surface area contributed by atoms with Gasteiger partial charge >= 0.3 is 0 Å². The first-order valence-corrected chi connectivity index (χ1v) is 8.12. The van der Waals surface area contributed by atoms with Gasteiger partial charge in [-0.25, -0.2) is 18.1 Å². The first-order chi connectivity index (χ1) is 9.01. The molecular weight excluding hydrogens is 288 g/mol. The maximum Gasteiger partial charge on any atom is 0.240 e. The quantitative estimate of drug-likeness (QED) is 0.828. The summed E-state index contributed by atoms with van der Waals surface area (Å²) in [5.74, 6) is 0.302. The maximum absolute atomic E-state index is 12.2. The molecule has 2 N–H and O–H groups in total. The minimum absolute atomic E-state index is 0.0697. The van der Waals surface area contributed by atoms with Gasteiger partial charge in [-0.3, -0.25) is 0 Å². The number of hydrogen-bond acceptors (Lipinski definition) is 4. The van der Waals surface area contributed by atoms with Crippen LogP contribution in [0.25, 0.3) is 0 Å². The molecule has 1 aromatic heterocycles. The van der Waals surface area contributed by atoms with Crippen LogP contribution in [0.2, 0.25) is 5.15 Å². The van der Waals surface area contributed by atoms with E-state index in [4.69, 9.17) is 16.7 Å². The number of aliphatic hydroxyl groups is 1. The maximum atomic E-state index is 12.2. The van der Waals surface area contributed by atoms with Gasteiger partial charge in [-0.1, -0.05) is 11.6 Å². The van der Waals surface area contributed by atoms with Crippen molar-refractivity contribution in [3.05, 3.63) is 23.5 Å². The molecule has 1 fully saturated rings. The predicted molar refractivity (Wildman–Crippen MR) is 72.4 cm³/mol. The van der Waals surface area contributed by atoms with E-state index in [1.54, 1.807) is 0 Å². The number of pyridine rings is 1. The van der Waals surface area contributed by atoms with E-state index >= 15 is 0 Å². The van der Waals surface area contributed by atoms with E-state index in [9.17, 15) is 8.42 Å². The highest BCUT2D eigenvalue weighted by Gasteiger charge is 2.25. The topological polar surface area (TPSA) is 79.3 Å². The molecule has 0 unspecified atom stereocenters. The Hall–Kier alpha value is -0.690. The first kappa shape index (κ1) is 14.7. The lowest BCUT2D eigenvalue weighted by Gasteiger charge is -2.27. The first-order valence-electron chi connectivity index (χ1n) is 6.26. The second kappa shape index (κ2) is 6.17. The number of nitrogens with one attached hydrogen (secondary N) is 1. The summed E-state index contributed by atoms with van der Waals surface area (Å²) in [5, 5.41) is 9.22. The summed E-state index contributed by atoms with van der Waals surface area (Å²) in [6.07, 6.45) is 4.58. The van der Waals surface area contributed by atoms with Crippen LogP contribution in [0.4, 0.5) is 0 Å². The fraction of sp³-hybridized carbons (Fsp3) is 0.583. The Bertz CT molecular complexity index is 528. The Morgan fingerprint density at radius 1 is 1.37 bits per heavy atom. The van der Waals surface area contributed by atoms with Gasteiger partial charge in [0.05, 0.1) is 4.90 Å². The van der Waals surface area contributed by atoms with Crippen LogP contribution in [0.3, 0.4) is 0 Å². The van der Waals surface area contributed by atoms with E-state index in [2.05, 4.69) is 9.71 Å². The summed E-state index contributed by atoms with van der Waals surface area (Å²) in [5.41, 5.74) is 0. The molecule has 0 atom stereocenters. The van der Waals surface area contributed by atoms with Crippen molar-refractivity contribution in [2.75, 3.05) is 6.61 Å². The minimum Gasteiger partial charge on any atom is -0.396 e. The molecule has 106 valence electrons. The van der Waals surface area contributed by atoms with Crippen molar-refractivity contribution in [3.63, 3.8) is 0 Å². The standard InChI is InChI=1S/C12H17ClN2O3S/c13-12-7-11(5-6-14-12)19(17,18)15-10-3-1-9(8-16)2-4-10/h5-7,9-10,15-16H,1-4,8H2. The molecule has 0 radical (unpaired) electrons. The van der Waals surface area contributed by atoms with E-state index in [0.717, 1.165) is 25.7 Å². The van der Waals surface area contributed by atoms with Crippen molar-refractivity contribution >= 4 is 21.6 Å². The fourth-order valence-corrected chi connectivity index (χ4v) is 3.86. The van der Waals surface area contributed by atoms with E-state index in [0.29, 0.717) is 5.92 Å². The van der Waals surface area contributed by atoms with Crippen molar-refractivity contribution in [1.29, 1.82) is 0 Å². The van der Waals surface area contributed by atoms with Crippen molar-refractivity contribution in [2.24, 2.45) is 5.92 Å². The highest BCUT2D eigenvalue weighted by molar-refractivity contribution is 7.89. The number of halogens is 1. The number of aromatic nitrogens is 1. The molecule has 0 aromatic carbocycles. The molecule has 0 spiro atoms. The van der Waals surface area contributed by atoms with Crippen LogP contribution in [0.5, 0.6) is 0 Å². The van der Waals surface area contributed by atoms with Crippen LogP contribution < -0.4 is 4.72 Å². The van der Waals surface area contributed by atoms with Crippen LogP contribution in [0.1, 0.15) is 25.7 Å². The summed E-state index contributed by atoms with van der Waals surface area (Å²) in [4.78, 5) is 3.90. The zero-order chi connectivity index (χ0) is 13.9. The zero-order valence-electron chi connectivity index (χ0n) is 10.4. The smallest absolute Gasteiger partial charge is 0.240 e. The second-order valence-electron chi connectivity index (χ2n) is 4.84. The molecular formula is C12H17ClN2O3S. The second-order valence-corrected chi connectivity index (χ2v) is 6.94. The Balaban J connectivity index is 2.02. The molecule has 1 aliphatic rings. The molecule has 7 heteroatoms. The summed E-state index contributed by atoms with van der Waals surface area (Å²) >= 11 is 5.70. The number of rotatable bonds is 4. The van der Waals surface area contributed by atoms with Crippen molar-refractivity contribution in [1.82, 2.24) is 9.71 Å². The molecule has 0 bridgehead atoms. The monoisotopic (exact) mass is 304 g/mol. The molecule has 0 aliphatic heterocycles. The average molecular weight is 305 g/mol. The largest absolute Gasteiger partial charge is 0.396 e. The van der Waals surface area contributed by atoms with Gasteiger partial charge in [0.2, 0.25) is 10.0 Å². The van der Waals surface area contributed by atoms with E-state index in [1.165, 1.54) is 18.3 Å². The number of aliphatic hydroxyl groups excluding tert-OH is 1. The highest BCUT2D eigenvalue weighted by atomic mass is 35.5. The SMILES string of the molecule is O=S(=O)(NC1CCC(CO)CC1)c1ccnc(Cl)c1. The van der Waals surface area contributed by atoms with Gasteiger partial charge in [-0.2, -0.15) is 0 Å². The molecule has 2 rings (SSSR count). The Labute approximate surface area is 118 Å². The molecule has 19 heavy (non-hydrogen) atoms. The molecule has 1 saturated carbocycles. The lowest BCUT2D eigenvalue weighted by Crippen LogP contribution is -2.38. The Morgan fingerprint density at radius 3 is 2.63 bits per heavy atom. The van der Waals surface area contributed by atoms with Gasteiger partial charge in [0.15, 0.2) is 0 Å². The van der Waals surface area contributed by atoms with E-state index < -0.39 is 10.0 Å². The normalized spacial score (nSPS) is 24.3. The number of hydrogen-bond donors (Lipinski definition) is 2. The fourth-order valence-electron chi connectivity index (χ4n) is 2.30. The third-order valence-corrected chi connectivity index (χ3v) is 5.16. The van der Waals surface area contributed by atoms with Crippen molar-refractivity contribution in [2.45, 2.75) is 36.6 Å². The van der Waals surface area contributed by atoms with Crippen LogP contribution in [0.15, 0.2) is 23.2 Å². The van der Waals surface area contributed by atoms with E-state index in [1.807, 2.05) is 0 Å². The molecule has 5 nitrogen and oxygen atoms in total. The van der Waals surface area contributed by atoms with Crippen LogP contribution >= 0.6 is 11.6 Å². The summed E-state index contributed by atoms with van der Waals surface area (Å²) in [6.45, 7) is 0.180. The zero-order valence-corrected chi connectivity index (χ0v) is 12.0. The third-order valence-electron chi connectivity index (χ3n) is 3.44. The van der Waals surface area contributed by atoms with Crippen LogP contribution in [-0.4, -0.2) is 31.2 Å². The van der Waals surface area contributed by atoms with Gasteiger partial charge in [0.25, 0.3) is 0 Å². The molecule has 0 amide bonds. The summed E-state index contributed by atoms with van der Waals surface area (Å²) < 4.78 is 27.0.